The van der Waals surface area contributed by atoms with Gasteiger partial charge in [-0.3, -0.25) is 10.1 Å². The Bertz CT molecular complexity index is 463. The number of hydrogen-bond acceptors (Lipinski definition) is 3. The summed E-state index contributed by atoms with van der Waals surface area (Å²) in [6.45, 7) is 1.37. The van der Waals surface area contributed by atoms with Crippen LogP contribution in [0.5, 0.6) is 0 Å². The van der Waals surface area contributed by atoms with Gasteiger partial charge >= 0.3 is 0 Å². The first-order chi connectivity index (χ1) is 6.99. The fraction of sp³-hybridized carbons (Fsp3) is 0.100. The second-order valence-corrected chi connectivity index (χ2v) is 4.55. The Kier molecular flexibility index (Phi) is 3.62. The predicted molar refractivity (Wildman–Crippen MR) is 60.9 cm³/mol. The quantitative estimate of drug-likeness (QED) is 0.604. The molecule has 0 bridgehead atoms. The van der Waals surface area contributed by atoms with E-state index in [1.54, 1.807) is 12.1 Å². The molecule has 5 heteroatoms. The third-order valence-electron chi connectivity index (χ3n) is 1.53. The molecule has 1 rings (SSSR count). The van der Waals surface area contributed by atoms with Gasteiger partial charge in [-0.2, -0.15) is 0 Å². The molecule has 0 unspecified atom stereocenters. The number of rotatable bonds is 3. The number of benzene rings is 1. The molecule has 15 heavy (non-hydrogen) atoms. The van der Waals surface area contributed by atoms with E-state index in [9.17, 15) is 8.42 Å². The Morgan fingerprint density at radius 3 is 2.47 bits per heavy atom. The number of sulfonamides is 1. The molecule has 0 heterocycles. The Morgan fingerprint density at radius 2 is 1.93 bits per heavy atom. The summed E-state index contributed by atoms with van der Waals surface area (Å²) < 4.78 is 24.6. The molecule has 0 aliphatic heterocycles. The van der Waals surface area contributed by atoms with Gasteiger partial charge in [0.1, 0.15) is 5.84 Å². The van der Waals surface area contributed by atoms with Gasteiger partial charge in [-0.15, -0.1) is 0 Å². The SMILES string of the molecule is CC(=N)NS(=O)(=O)/C=C/c1ccccc1. The summed E-state index contributed by atoms with van der Waals surface area (Å²) in [5.74, 6) is -0.104. The highest BCUT2D eigenvalue weighted by molar-refractivity contribution is 7.93. The summed E-state index contributed by atoms with van der Waals surface area (Å²) in [5, 5.41) is 8.05. The molecule has 0 spiro atoms. The van der Waals surface area contributed by atoms with Crippen molar-refractivity contribution in [3.8, 4) is 0 Å². The molecule has 4 nitrogen and oxygen atoms in total. The molecule has 0 aromatic heterocycles. The van der Waals surface area contributed by atoms with Crippen molar-refractivity contribution in [1.29, 1.82) is 5.41 Å². The zero-order valence-electron chi connectivity index (χ0n) is 8.27. The van der Waals surface area contributed by atoms with Crippen LogP contribution in [0, 0.1) is 5.41 Å². The first kappa shape index (κ1) is 11.5. The minimum Gasteiger partial charge on any atom is -0.288 e. The maximum absolute atomic E-state index is 11.3. The van der Waals surface area contributed by atoms with Crippen LogP contribution in [0.4, 0.5) is 0 Å². The zero-order chi connectivity index (χ0) is 11.3. The van der Waals surface area contributed by atoms with E-state index in [2.05, 4.69) is 4.72 Å². The normalized spacial score (nSPS) is 11.5. The molecular formula is C10H12N2O2S. The van der Waals surface area contributed by atoms with Gasteiger partial charge in [-0.05, 0) is 18.6 Å². The molecule has 0 saturated carbocycles. The Hall–Kier alpha value is -1.62. The van der Waals surface area contributed by atoms with Crippen LogP contribution in [-0.4, -0.2) is 14.3 Å². The average Bonchev–Trinajstić information content (AvgIpc) is 2.15. The van der Waals surface area contributed by atoms with Gasteiger partial charge in [-0.1, -0.05) is 30.3 Å². The summed E-state index contributed by atoms with van der Waals surface area (Å²) >= 11 is 0. The van der Waals surface area contributed by atoms with Crippen molar-refractivity contribution < 1.29 is 8.42 Å². The fourth-order valence-corrected chi connectivity index (χ4v) is 1.81. The molecule has 1 aromatic rings. The highest BCUT2D eigenvalue weighted by Crippen LogP contribution is 2.02. The molecule has 0 radical (unpaired) electrons. The Balaban J connectivity index is 2.78. The standard InChI is InChI=1S/C10H12N2O2S/c1-9(11)12-15(13,14)8-7-10-5-3-2-4-6-10/h2-8H,1H3,(H2,11,12)/b8-7+. The molecule has 0 atom stereocenters. The second kappa shape index (κ2) is 4.75. The summed E-state index contributed by atoms with van der Waals surface area (Å²) in [4.78, 5) is 0. The Labute approximate surface area is 89.2 Å². The van der Waals surface area contributed by atoms with E-state index in [0.717, 1.165) is 11.0 Å². The van der Waals surface area contributed by atoms with Crippen LogP contribution in [0.15, 0.2) is 35.7 Å². The molecule has 0 aliphatic rings. The third-order valence-corrected chi connectivity index (χ3v) is 2.62. The molecule has 0 saturated heterocycles. The first-order valence-electron chi connectivity index (χ1n) is 4.31. The summed E-state index contributed by atoms with van der Waals surface area (Å²) in [5.41, 5.74) is 0.797. The fourth-order valence-electron chi connectivity index (χ4n) is 0.980. The molecule has 80 valence electrons. The van der Waals surface area contributed by atoms with E-state index in [1.807, 2.05) is 18.2 Å². The lowest BCUT2D eigenvalue weighted by atomic mass is 10.2. The predicted octanol–water partition coefficient (Wildman–Crippen LogP) is 1.57. The van der Waals surface area contributed by atoms with Crippen molar-refractivity contribution in [2.45, 2.75) is 6.92 Å². The molecule has 0 aliphatic carbocycles. The topological polar surface area (TPSA) is 70.0 Å². The minimum absolute atomic E-state index is 0.104. The highest BCUT2D eigenvalue weighted by atomic mass is 32.2. The van der Waals surface area contributed by atoms with Crippen LogP contribution in [0.2, 0.25) is 0 Å². The number of nitrogens with one attached hydrogen (secondary N) is 2. The maximum Gasteiger partial charge on any atom is 0.255 e. The minimum atomic E-state index is -3.53. The maximum atomic E-state index is 11.3. The monoisotopic (exact) mass is 224 g/mol. The van der Waals surface area contributed by atoms with Crippen LogP contribution in [-0.2, 0) is 10.0 Å². The summed E-state index contributed by atoms with van der Waals surface area (Å²) in [6.07, 6.45) is 1.48. The van der Waals surface area contributed by atoms with Crippen LogP contribution in [0.3, 0.4) is 0 Å². The zero-order valence-corrected chi connectivity index (χ0v) is 9.08. The lowest BCUT2D eigenvalue weighted by Crippen LogP contribution is -2.25. The molecular weight excluding hydrogens is 212 g/mol. The summed E-state index contributed by atoms with van der Waals surface area (Å²) in [6, 6.07) is 9.08. The second-order valence-electron chi connectivity index (χ2n) is 2.99. The lowest BCUT2D eigenvalue weighted by molar-refractivity contribution is 0.601. The average molecular weight is 224 g/mol. The van der Waals surface area contributed by atoms with Gasteiger partial charge < -0.3 is 0 Å². The lowest BCUT2D eigenvalue weighted by Gasteiger charge is -1.99. The first-order valence-corrected chi connectivity index (χ1v) is 5.85. The Morgan fingerprint density at radius 1 is 1.33 bits per heavy atom. The van der Waals surface area contributed by atoms with Crippen LogP contribution in [0.25, 0.3) is 6.08 Å². The highest BCUT2D eigenvalue weighted by Gasteiger charge is 2.03. The molecule has 1 aromatic carbocycles. The summed E-state index contributed by atoms with van der Waals surface area (Å²) in [7, 11) is -3.53. The van der Waals surface area contributed by atoms with E-state index in [0.29, 0.717) is 0 Å². The van der Waals surface area contributed by atoms with E-state index in [4.69, 9.17) is 5.41 Å². The van der Waals surface area contributed by atoms with Gasteiger partial charge in [0.25, 0.3) is 10.0 Å². The van der Waals surface area contributed by atoms with Crippen molar-refractivity contribution in [2.75, 3.05) is 0 Å². The van der Waals surface area contributed by atoms with Crippen molar-refractivity contribution in [3.05, 3.63) is 41.3 Å². The van der Waals surface area contributed by atoms with Gasteiger partial charge in [-0.25, -0.2) is 8.42 Å². The van der Waals surface area contributed by atoms with Gasteiger partial charge in [0.2, 0.25) is 0 Å². The van der Waals surface area contributed by atoms with Crippen LogP contribution < -0.4 is 4.72 Å². The smallest absolute Gasteiger partial charge is 0.255 e. The molecule has 2 N–H and O–H groups in total. The van der Waals surface area contributed by atoms with Crippen molar-refractivity contribution in [3.63, 3.8) is 0 Å². The van der Waals surface area contributed by atoms with Gasteiger partial charge in [0.05, 0.1) is 5.41 Å². The number of hydrogen-bond donors (Lipinski definition) is 2. The third kappa shape index (κ3) is 4.42. The van der Waals surface area contributed by atoms with E-state index in [-0.39, 0.29) is 5.84 Å². The van der Waals surface area contributed by atoms with Crippen LogP contribution in [0.1, 0.15) is 12.5 Å². The van der Waals surface area contributed by atoms with Crippen molar-refractivity contribution >= 4 is 21.9 Å². The van der Waals surface area contributed by atoms with Gasteiger partial charge in [0.15, 0.2) is 0 Å². The van der Waals surface area contributed by atoms with E-state index in [1.165, 1.54) is 13.0 Å². The molecule has 0 fully saturated rings. The number of amidine groups is 1. The van der Waals surface area contributed by atoms with Crippen molar-refractivity contribution in [2.24, 2.45) is 0 Å². The molecule has 0 amide bonds. The van der Waals surface area contributed by atoms with Crippen molar-refractivity contribution in [1.82, 2.24) is 4.72 Å². The van der Waals surface area contributed by atoms with Crippen LogP contribution >= 0.6 is 0 Å². The largest absolute Gasteiger partial charge is 0.288 e. The van der Waals surface area contributed by atoms with E-state index < -0.39 is 10.0 Å². The van der Waals surface area contributed by atoms with E-state index >= 15 is 0 Å². The van der Waals surface area contributed by atoms with Gasteiger partial charge in [0, 0.05) is 0 Å².